The highest BCUT2D eigenvalue weighted by molar-refractivity contribution is 5.93. The van der Waals surface area contributed by atoms with Gasteiger partial charge in [0, 0.05) is 29.6 Å². The molecule has 0 radical (unpaired) electrons. The van der Waals surface area contributed by atoms with E-state index < -0.39 is 0 Å². The first-order chi connectivity index (χ1) is 16.5. The topological polar surface area (TPSA) is 121 Å². The monoisotopic (exact) mass is 460 g/mol. The molecule has 0 aliphatic heterocycles. The lowest BCUT2D eigenvalue weighted by Crippen LogP contribution is -2.08. The van der Waals surface area contributed by atoms with Gasteiger partial charge in [0.2, 0.25) is 0 Å². The lowest BCUT2D eigenvalue weighted by molar-refractivity contribution is -0.139. The molecule has 5 N–H and O–H groups in total. The Morgan fingerprint density at radius 3 is 2.50 bits per heavy atom. The van der Waals surface area contributed by atoms with Gasteiger partial charge in [-0.15, -0.1) is 0 Å². The van der Waals surface area contributed by atoms with Gasteiger partial charge >= 0.3 is 5.97 Å². The van der Waals surface area contributed by atoms with Gasteiger partial charge in [-0.1, -0.05) is 30.3 Å². The Bertz CT molecular complexity index is 1310. The number of aliphatic hydroxyl groups is 1. The summed E-state index contributed by atoms with van der Waals surface area (Å²) in [5, 5.41) is 10.5. The number of rotatable bonds is 9. The molecule has 176 valence electrons. The summed E-state index contributed by atoms with van der Waals surface area (Å²) in [4.78, 5) is 11.9. The second-order valence-electron chi connectivity index (χ2n) is 8.02. The molecule has 34 heavy (non-hydrogen) atoms. The maximum absolute atomic E-state index is 11.9. The number of hydrogen-bond acceptors (Lipinski definition) is 7. The van der Waals surface area contributed by atoms with Gasteiger partial charge in [0.05, 0.1) is 13.5 Å². The molecule has 7 nitrogen and oxygen atoms in total. The Labute approximate surface area is 197 Å². The first-order valence-electron chi connectivity index (χ1n) is 11.0. The van der Waals surface area contributed by atoms with Crippen molar-refractivity contribution in [3.05, 3.63) is 88.7 Å². The number of aliphatic hydroxyl groups excluding tert-OH is 1. The SMILES string of the molecule is COC(=O)Cc1ccc(CN)cc1OCc1cc(-c2cccc(CN)c2)c2oc(CO)cc2c1. The molecule has 0 unspecified atom stereocenters. The van der Waals surface area contributed by atoms with Crippen molar-refractivity contribution in [2.75, 3.05) is 7.11 Å². The van der Waals surface area contributed by atoms with E-state index in [1.165, 1.54) is 7.11 Å². The van der Waals surface area contributed by atoms with E-state index in [4.69, 9.17) is 25.4 Å². The molecule has 0 spiro atoms. The molecule has 3 aromatic carbocycles. The number of fused-ring (bicyclic) bond motifs is 1. The third-order valence-corrected chi connectivity index (χ3v) is 5.68. The zero-order chi connectivity index (χ0) is 24.1. The average Bonchev–Trinajstić information content (AvgIpc) is 3.30. The average molecular weight is 461 g/mol. The highest BCUT2D eigenvalue weighted by atomic mass is 16.5. The van der Waals surface area contributed by atoms with Crippen LogP contribution in [0.4, 0.5) is 0 Å². The number of carbonyl (C=O) groups excluding carboxylic acids is 1. The number of furan rings is 1. The Kier molecular flexibility index (Phi) is 7.27. The van der Waals surface area contributed by atoms with Gasteiger partial charge in [-0.2, -0.15) is 0 Å². The van der Waals surface area contributed by atoms with E-state index >= 15 is 0 Å². The lowest BCUT2D eigenvalue weighted by Gasteiger charge is -2.14. The Morgan fingerprint density at radius 2 is 1.76 bits per heavy atom. The maximum Gasteiger partial charge on any atom is 0.310 e. The minimum Gasteiger partial charge on any atom is -0.489 e. The van der Waals surface area contributed by atoms with Crippen LogP contribution in [0.3, 0.4) is 0 Å². The lowest BCUT2D eigenvalue weighted by atomic mass is 9.99. The van der Waals surface area contributed by atoms with Crippen molar-refractivity contribution in [2.45, 2.75) is 32.7 Å². The molecule has 0 fully saturated rings. The molecule has 0 aliphatic rings. The zero-order valence-electron chi connectivity index (χ0n) is 19.0. The number of esters is 1. The van der Waals surface area contributed by atoms with Gasteiger partial charge in [0.1, 0.15) is 30.3 Å². The van der Waals surface area contributed by atoms with Crippen LogP contribution in [0.2, 0.25) is 0 Å². The zero-order valence-corrected chi connectivity index (χ0v) is 19.0. The highest BCUT2D eigenvalue weighted by Crippen LogP contribution is 2.34. The number of benzene rings is 3. The van der Waals surface area contributed by atoms with Crippen LogP contribution in [0.5, 0.6) is 5.75 Å². The normalized spacial score (nSPS) is 11.1. The fourth-order valence-corrected chi connectivity index (χ4v) is 3.91. The Morgan fingerprint density at radius 1 is 0.971 bits per heavy atom. The predicted octanol–water partition coefficient (Wildman–Crippen LogP) is 3.80. The van der Waals surface area contributed by atoms with Crippen molar-refractivity contribution >= 4 is 16.9 Å². The van der Waals surface area contributed by atoms with Crippen molar-refractivity contribution in [3.63, 3.8) is 0 Å². The standard InChI is InChI=1S/C27H28N2O5/c1-32-26(31)12-21-6-5-18(14-29)10-25(21)33-16-19-8-22-11-23(15-30)34-27(22)24(9-19)20-4-2-3-17(7-20)13-28/h2-11,30H,12-16,28-29H2,1H3. The van der Waals surface area contributed by atoms with E-state index in [-0.39, 0.29) is 25.6 Å². The molecule has 4 aromatic rings. The summed E-state index contributed by atoms with van der Waals surface area (Å²) < 4.78 is 16.9. The van der Waals surface area contributed by atoms with Gasteiger partial charge in [-0.05, 0) is 52.6 Å². The molecule has 0 aliphatic carbocycles. The first-order valence-corrected chi connectivity index (χ1v) is 11.0. The summed E-state index contributed by atoms with van der Waals surface area (Å²) >= 11 is 0. The third-order valence-electron chi connectivity index (χ3n) is 5.68. The second kappa shape index (κ2) is 10.5. The minimum absolute atomic E-state index is 0.106. The minimum atomic E-state index is -0.344. The molecule has 0 atom stereocenters. The summed E-state index contributed by atoms with van der Waals surface area (Å²) in [6.07, 6.45) is 0.106. The predicted molar refractivity (Wildman–Crippen MR) is 130 cm³/mol. The van der Waals surface area contributed by atoms with Gasteiger partial charge in [0.25, 0.3) is 0 Å². The van der Waals surface area contributed by atoms with Crippen LogP contribution < -0.4 is 16.2 Å². The molecule has 4 rings (SSSR count). The first kappa shape index (κ1) is 23.5. The van der Waals surface area contributed by atoms with Crippen molar-refractivity contribution in [1.82, 2.24) is 0 Å². The highest BCUT2D eigenvalue weighted by Gasteiger charge is 2.15. The van der Waals surface area contributed by atoms with Crippen molar-refractivity contribution < 1.29 is 23.8 Å². The Balaban J connectivity index is 1.71. The summed E-state index contributed by atoms with van der Waals surface area (Å²) in [5.74, 6) is 0.729. The molecule has 1 aromatic heterocycles. The molecule has 7 heteroatoms. The van der Waals surface area contributed by atoms with Gasteiger partial charge in [-0.25, -0.2) is 0 Å². The summed E-state index contributed by atoms with van der Waals surface area (Å²) in [6, 6.07) is 19.3. The van der Waals surface area contributed by atoms with Crippen molar-refractivity contribution in [2.24, 2.45) is 11.5 Å². The van der Waals surface area contributed by atoms with Gasteiger partial charge in [-0.3, -0.25) is 4.79 Å². The Hall–Kier alpha value is -3.65. The smallest absolute Gasteiger partial charge is 0.310 e. The van der Waals surface area contributed by atoms with Crippen LogP contribution in [0.15, 0.2) is 65.1 Å². The number of hydrogen-bond donors (Lipinski definition) is 3. The summed E-state index contributed by atoms with van der Waals surface area (Å²) in [7, 11) is 1.36. The van der Waals surface area contributed by atoms with Crippen LogP contribution in [-0.4, -0.2) is 18.2 Å². The fourth-order valence-electron chi connectivity index (χ4n) is 3.91. The number of methoxy groups -OCH3 is 1. The third kappa shape index (κ3) is 5.12. The van der Waals surface area contributed by atoms with Gasteiger partial charge in [0.15, 0.2) is 0 Å². The molecule has 1 heterocycles. The van der Waals surface area contributed by atoms with Crippen LogP contribution in [-0.2, 0) is 42.3 Å². The quantitative estimate of drug-likeness (QED) is 0.325. The summed E-state index contributed by atoms with van der Waals surface area (Å²) in [6.45, 7) is 0.870. The molecule has 0 amide bonds. The van der Waals surface area contributed by atoms with Crippen LogP contribution in [0, 0.1) is 0 Å². The van der Waals surface area contributed by atoms with Crippen LogP contribution >= 0.6 is 0 Å². The van der Waals surface area contributed by atoms with E-state index in [9.17, 15) is 9.90 Å². The largest absolute Gasteiger partial charge is 0.489 e. The number of nitrogens with two attached hydrogens (primary N) is 2. The number of carbonyl (C=O) groups is 1. The van der Waals surface area contributed by atoms with Crippen LogP contribution in [0.25, 0.3) is 22.1 Å². The van der Waals surface area contributed by atoms with Gasteiger partial charge < -0.3 is 30.5 Å². The molecular weight excluding hydrogens is 432 g/mol. The number of ether oxygens (including phenoxy) is 2. The van der Waals surface area contributed by atoms with Crippen molar-refractivity contribution in [1.29, 1.82) is 0 Å². The van der Waals surface area contributed by atoms with E-state index in [0.29, 0.717) is 30.2 Å². The summed E-state index contributed by atoms with van der Waals surface area (Å²) in [5.41, 5.74) is 17.7. The fraction of sp³-hybridized carbons (Fsp3) is 0.222. The van der Waals surface area contributed by atoms with E-state index in [0.717, 1.165) is 38.8 Å². The maximum atomic E-state index is 11.9. The van der Waals surface area contributed by atoms with Crippen molar-refractivity contribution in [3.8, 4) is 16.9 Å². The molecule has 0 bridgehead atoms. The molecule has 0 saturated carbocycles. The van der Waals surface area contributed by atoms with E-state index in [1.54, 1.807) is 0 Å². The van der Waals surface area contributed by atoms with E-state index in [2.05, 4.69) is 0 Å². The molecular formula is C27H28N2O5. The molecule has 0 saturated heterocycles. The van der Waals surface area contributed by atoms with Crippen LogP contribution in [0.1, 0.15) is 28.0 Å². The van der Waals surface area contributed by atoms with E-state index in [1.807, 2.05) is 60.7 Å². The second-order valence-corrected chi connectivity index (χ2v) is 8.02.